The van der Waals surface area contributed by atoms with E-state index in [-0.39, 0.29) is 5.82 Å². The van der Waals surface area contributed by atoms with Gasteiger partial charge in [0.2, 0.25) is 0 Å². The van der Waals surface area contributed by atoms with E-state index in [1.165, 1.54) is 12.1 Å². The van der Waals surface area contributed by atoms with Gasteiger partial charge in [-0.3, -0.25) is 0 Å². The van der Waals surface area contributed by atoms with E-state index in [1.807, 2.05) is 17.5 Å². The molecule has 1 aromatic carbocycles. The molecule has 2 nitrogen and oxygen atoms in total. The lowest BCUT2D eigenvalue weighted by atomic mass is 10.2. The van der Waals surface area contributed by atoms with Crippen molar-refractivity contribution in [1.82, 2.24) is 4.98 Å². The number of aromatic nitrogens is 1. The number of rotatable bonds is 1. The minimum Gasteiger partial charge on any atom is -0.397 e. The molecule has 2 heterocycles. The molecule has 0 bridgehead atoms. The minimum absolute atomic E-state index is 0.225. The lowest BCUT2D eigenvalue weighted by Crippen LogP contribution is -1.83. The number of H-pyrrole nitrogens is 1. The van der Waals surface area contributed by atoms with Gasteiger partial charge in [-0.05, 0) is 35.7 Å². The van der Waals surface area contributed by atoms with Crippen LogP contribution in [0.1, 0.15) is 0 Å². The number of anilines is 1. The second-order valence-corrected chi connectivity index (χ2v) is 4.54. The van der Waals surface area contributed by atoms with E-state index in [0.29, 0.717) is 0 Å². The number of aromatic amines is 1. The van der Waals surface area contributed by atoms with Crippen LogP contribution in [0.2, 0.25) is 0 Å². The first-order chi connectivity index (χ1) is 7.74. The molecule has 3 rings (SSSR count). The molecule has 0 fully saturated rings. The van der Waals surface area contributed by atoms with Gasteiger partial charge < -0.3 is 10.7 Å². The summed E-state index contributed by atoms with van der Waals surface area (Å²) in [7, 11) is 0. The summed E-state index contributed by atoms with van der Waals surface area (Å²) >= 11 is 1.57. The molecule has 4 heteroatoms. The van der Waals surface area contributed by atoms with Gasteiger partial charge in [0.15, 0.2) is 0 Å². The van der Waals surface area contributed by atoms with Gasteiger partial charge in [-0.25, -0.2) is 4.39 Å². The number of nitrogens with two attached hydrogens (primary N) is 1. The fourth-order valence-electron chi connectivity index (χ4n) is 1.76. The van der Waals surface area contributed by atoms with Crippen molar-refractivity contribution >= 4 is 27.9 Å². The van der Waals surface area contributed by atoms with E-state index in [4.69, 9.17) is 5.73 Å². The zero-order valence-corrected chi connectivity index (χ0v) is 9.14. The number of halogens is 1. The maximum atomic E-state index is 13.0. The summed E-state index contributed by atoms with van der Waals surface area (Å²) in [5.41, 5.74) is 8.45. The summed E-state index contributed by atoms with van der Waals surface area (Å²) in [6.07, 6.45) is 0. The lowest BCUT2D eigenvalue weighted by Gasteiger charge is -1.93. The van der Waals surface area contributed by atoms with Gasteiger partial charge >= 0.3 is 0 Å². The van der Waals surface area contributed by atoms with Gasteiger partial charge in [-0.2, -0.15) is 0 Å². The first-order valence-electron chi connectivity index (χ1n) is 4.85. The number of hydrogen-bond donors (Lipinski definition) is 2. The van der Waals surface area contributed by atoms with Gasteiger partial charge in [-0.15, -0.1) is 11.3 Å². The van der Waals surface area contributed by atoms with Crippen LogP contribution < -0.4 is 5.73 Å². The molecule has 0 spiro atoms. The summed E-state index contributed by atoms with van der Waals surface area (Å²) in [6.45, 7) is 0. The molecule has 0 aliphatic heterocycles. The third-order valence-electron chi connectivity index (χ3n) is 2.52. The zero-order valence-electron chi connectivity index (χ0n) is 8.33. The predicted octanol–water partition coefficient (Wildman–Crippen LogP) is 3.62. The number of nitrogen functional groups attached to an aromatic ring is 1. The standard InChI is InChI=1S/C12H9FN2S/c13-8-1-2-10-7(5-8)6-11(15-10)12-9(14)3-4-16-12/h1-6,15H,14H2. The highest BCUT2D eigenvalue weighted by Crippen LogP contribution is 2.32. The quantitative estimate of drug-likeness (QED) is 0.661. The van der Waals surface area contributed by atoms with Crippen molar-refractivity contribution in [1.29, 1.82) is 0 Å². The highest BCUT2D eigenvalue weighted by atomic mass is 32.1. The molecule has 0 radical (unpaired) electrons. The summed E-state index contributed by atoms with van der Waals surface area (Å²) in [6, 6.07) is 8.48. The third-order valence-corrected chi connectivity index (χ3v) is 3.49. The number of hydrogen-bond acceptors (Lipinski definition) is 2. The van der Waals surface area contributed by atoms with Crippen molar-refractivity contribution < 1.29 is 4.39 Å². The highest BCUT2D eigenvalue weighted by Gasteiger charge is 2.08. The molecule has 0 saturated carbocycles. The fourth-order valence-corrected chi connectivity index (χ4v) is 2.56. The summed E-state index contributed by atoms with van der Waals surface area (Å²) in [4.78, 5) is 4.23. The Balaban J connectivity index is 2.23. The Morgan fingerprint density at radius 3 is 2.81 bits per heavy atom. The number of benzene rings is 1. The third kappa shape index (κ3) is 1.39. The number of thiophene rings is 1. The van der Waals surface area contributed by atoms with Crippen molar-refractivity contribution in [2.75, 3.05) is 5.73 Å². The van der Waals surface area contributed by atoms with Crippen LogP contribution in [0.3, 0.4) is 0 Å². The minimum atomic E-state index is -0.225. The highest BCUT2D eigenvalue weighted by molar-refractivity contribution is 7.14. The van der Waals surface area contributed by atoms with Crippen molar-refractivity contribution in [2.45, 2.75) is 0 Å². The zero-order chi connectivity index (χ0) is 11.1. The Morgan fingerprint density at radius 2 is 2.06 bits per heavy atom. The van der Waals surface area contributed by atoms with Crippen molar-refractivity contribution in [3.8, 4) is 10.6 Å². The topological polar surface area (TPSA) is 41.8 Å². The molecular weight excluding hydrogens is 223 g/mol. The Bertz CT molecular complexity index is 654. The predicted molar refractivity (Wildman–Crippen MR) is 66.0 cm³/mol. The van der Waals surface area contributed by atoms with Crippen molar-refractivity contribution in [3.63, 3.8) is 0 Å². The maximum absolute atomic E-state index is 13.0. The van der Waals surface area contributed by atoms with Crippen LogP contribution in [0, 0.1) is 5.82 Å². The summed E-state index contributed by atoms with van der Waals surface area (Å²) in [5.74, 6) is -0.225. The fraction of sp³-hybridized carbons (Fsp3) is 0. The van der Waals surface area contributed by atoms with Gasteiger partial charge in [0.05, 0.1) is 16.3 Å². The lowest BCUT2D eigenvalue weighted by molar-refractivity contribution is 0.630. The Morgan fingerprint density at radius 1 is 1.19 bits per heavy atom. The van der Waals surface area contributed by atoms with Crippen molar-refractivity contribution in [3.05, 3.63) is 41.5 Å². The van der Waals surface area contributed by atoms with E-state index in [2.05, 4.69) is 4.98 Å². The van der Waals surface area contributed by atoms with E-state index in [9.17, 15) is 4.39 Å². The van der Waals surface area contributed by atoms with E-state index >= 15 is 0 Å². The van der Waals surface area contributed by atoms with Crippen LogP contribution in [0.15, 0.2) is 35.7 Å². The normalized spacial score (nSPS) is 11.1. The summed E-state index contributed by atoms with van der Waals surface area (Å²) in [5, 5.41) is 2.80. The van der Waals surface area contributed by atoms with Crippen molar-refractivity contribution in [2.24, 2.45) is 0 Å². The maximum Gasteiger partial charge on any atom is 0.123 e. The van der Waals surface area contributed by atoms with E-state index < -0.39 is 0 Å². The Kier molecular flexibility index (Phi) is 1.97. The molecule has 0 saturated heterocycles. The Labute approximate surface area is 95.5 Å². The van der Waals surface area contributed by atoms with Crippen LogP contribution in [0.25, 0.3) is 21.5 Å². The second-order valence-electron chi connectivity index (χ2n) is 3.62. The first-order valence-corrected chi connectivity index (χ1v) is 5.73. The summed E-state index contributed by atoms with van der Waals surface area (Å²) < 4.78 is 13.0. The van der Waals surface area contributed by atoms with Crippen LogP contribution in [0.5, 0.6) is 0 Å². The van der Waals surface area contributed by atoms with Gasteiger partial charge in [0.1, 0.15) is 5.82 Å². The van der Waals surface area contributed by atoms with Crippen LogP contribution in [-0.2, 0) is 0 Å². The SMILES string of the molecule is Nc1ccsc1-c1cc2cc(F)ccc2[nH]1. The van der Waals surface area contributed by atoms with Crippen LogP contribution in [0.4, 0.5) is 10.1 Å². The molecule has 0 atom stereocenters. The Hall–Kier alpha value is -1.81. The van der Waals surface area contributed by atoms with Gasteiger partial charge in [0.25, 0.3) is 0 Å². The molecule has 2 aromatic heterocycles. The molecule has 0 unspecified atom stereocenters. The molecule has 3 N–H and O–H groups in total. The average molecular weight is 232 g/mol. The average Bonchev–Trinajstić information content (AvgIpc) is 2.82. The molecule has 0 amide bonds. The smallest absolute Gasteiger partial charge is 0.123 e. The largest absolute Gasteiger partial charge is 0.397 e. The number of fused-ring (bicyclic) bond motifs is 1. The van der Waals surface area contributed by atoms with Gasteiger partial charge in [-0.1, -0.05) is 0 Å². The van der Waals surface area contributed by atoms with Gasteiger partial charge in [0, 0.05) is 10.9 Å². The second kappa shape index (κ2) is 3.35. The molecule has 0 aliphatic rings. The number of nitrogens with one attached hydrogen (secondary N) is 1. The molecule has 3 aromatic rings. The van der Waals surface area contributed by atoms with E-state index in [1.54, 1.807) is 17.4 Å². The van der Waals surface area contributed by atoms with E-state index in [0.717, 1.165) is 27.2 Å². The van der Waals surface area contributed by atoms with Crippen LogP contribution in [-0.4, -0.2) is 4.98 Å². The molecular formula is C12H9FN2S. The van der Waals surface area contributed by atoms with Crippen LogP contribution >= 0.6 is 11.3 Å². The monoisotopic (exact) mass is 232 g/mol. The molecule has 80 valence electrons. The molecule has 16 heavy (non-hydrogen) atoms. The molecule has 0 aliphatic carbocycles. The first kappa shape index (κ1) is 9.42.